The highest BCUT2D eigenvalue weighted by atomic mass is 32.2. The Morgan fingerprint density at radius 1 is 0.324 bits per heavy atom. The lowest BCUT2D eigenvalue weighted by atomic mass is 9.69. The van der Waals surface area contributed by atoms with Gasteiger partial charge in [0.15, 0.2) is 0 Å². The van der Waals surface area contributed by atoms with Crippen LogP contribution in [0.3, 0.4) is 0 Å². The van der Waals surface area contributed by atoms with Gasteiger partial charge in [-0.25, -0.2) is 0 Å². The van der Waals surface area contributed by atoms with Crippen LogP contribution in [0.25, 0.3) is 0 Å². The fourth-order valence-corrected chi connectivity index (χ4v) is 21.7. The Balaban J connectivity index is 0.000000160. The SMILES string of the molecule is CC1CCN(C)CC1.CN1CCCC(C2CCCCC2)C1.CN1CCCC(c2ccccc2)C1.CN1CCCC2(CCCC2)C1.CN1CCCC2(CCCCC2)C1.CN1CCCCC1.CN1CCCCC12CCCCC2.CN1CCOC2(CCCCC2)C1.CN1CCOCC1.CN1CCSCC1. The maximum atomic E-state index is 5.94. The molecule has 0 bridgehead atoms. The van der Waals surface area contributed by atoms with E-state index in [1.165, 1.54) is 372 Å². The van der Waals surface area contributed by atoms with Gasteiger partial charge in [0.25, 0.3) is 0 Å². The zero-order valence-electron chi connectivity index (χ0n) is 69.6. The normalized spacial score (nSPS) is 28.9. The van der Waals surface area contributed by atoms with Gasteiger partial charge < -0.3 is 58.5 Å². The van der Waals surface area contributed by atoms with Crippen molar-refractivity contribution in [2.24, 2.45) is 28.6 Å². The number of rotatable bonds is 2. The third-order valence-corrected chi connectivity index (χ3v) is 28.3. The lowest BCUT2D eigenvalue weighted by Crippen LogP contribution is -2.51. The number of likely N-dealkylation sites (N-methyl/N-ethyl adjacent to an activating group) is 3. The molecule has 13 heteroatoms. The van der Waals surface area contributed by atoms with Gasteiger partial charge in [-0.3, -0.25) is 0 Å². The van der Waals surface area contributed by atoms with E-state index in [4.69, 9.17) is 9.47 Å². The van der Waals surface area contributed by atoms with Gasteiger partial charge in [-0.2, -0.15) is 11.8 Å². The van der Waals surface area contributed by atoms with Crippen LogP contribution in [0.1, 0.15) is 275 Å². The van der Waals surface area contributed by atoms with Gasteiger partial charge in [0, 0.05) is 82.5 Å². The molecule has 1 aromatic rings. The highest BCUT2D eigenvalue weighted by Crippen LogP contribution is 2.45. The molecule has 102 heavy (non-hydrogen) atoms. The zero-order chi connectivity index (χ0) is 72.6. The van der Waals surface area contributed by atoms with Gasteiger partial charge in [0.1, 0.15) is 0 Å². The predicted molar refractivity (Wildman–Crippen MR) is 445 cm³/mol. The molecule has 0 radical (unpaired) electrons. The number of hydrogen-bond donors (Lipinski definition) is 0. The van der Waals surface area contributed by atoms with Crippen molar-refractivity contribution in [3.63, 3.8) is 0 Å². The Hall–Kier alpha value is -0.910. The Labute approximate surface area is 638 Å². The number of morpholine rings is 2. The molecule has 0 aromatic heterocycles. The maximum Gasteiger partial charge on any atom is 0.0809 e. The van der Waals surface area contributed by atoms with E-state index in [-0.39, 0.29) is 5.60 Å². The lowest BCUT2D eigenvalue weighted by molar-refractivity contribution is -0.121. The van der Waals surface area contributed by atoms with Crippen molar-refractivity contribution in [3.05, 3.63) is 35.9 Å². The molecule has 4 spiro atoms. The minimum Gasteiger partial charge on any atom is -0.379 e. The van der Waals surface area contributed by atoms with Crippen LogP contribution in [0.15, 0.2) is 30.3 Å². The Morgan fingerprint density at radius 3 is 1.22 bits per heavy atom. The maximum absolute atomic E-state index is 5.94. The first kappa shape index (κ1) is 88.3. The monoisotopic (exact) mass is 1440 g/mol. The van der Waals surface area contributed by atoms with Crippen LogP contribution in [0.2, 0.25) is 0 Å². The second kappa shape index (κ2) is 50.1. The molecular weight excluding hydrogens is 1270 g/mol. The summed E-state index contributed by atoms with van der Waals surface area (Å²) in [6.07, 6.45) is 58.2. The molecule has 2 atom stereocenters. The first-order chi connectivity index (χ1) is 49.4. The van der Waals surface area contributed by atoms with Gasteiger partial charge in [-0.15, -0.1) is 0 Å². The smallest absolute Gasteiger partial charge is 0.0809 e. The average molecular weight is 1440 g/mol. The molecular formula is C89H170N10O2S. The van der Waals surface area contributed by atoms with Crippen molar-refractivity contribution < 1.29 is 9.47 Å². The van der Waals surface area contributed by atoms with Crippen molar-refractivity contribution in [3.8, 4) is 0 Å². The van der Waals surface area contributed by atoms with E-state index in [0.717, 1.165) is 80.5 Å². The number of piperidine rings is 7. The van der Waals surface area contributed by atoms with Gasteiger partial charge >= 0.3 is 0 Å². The quantitative estimate of drug-likeness (QED) is 0.283. The van der Waals surface area contributed by atoms with Crippen LogP contribution < -0.4 is 0 Å². The molecule has 15 fully saturated rings. The summed E-state index contributed by atoms with van der Waals surface area (Å²) in [6.45, 7) is 29.4. The van der Waals surface area contributed by atoms with E-state index in [0.29, 0.717) is 5.54 Å². The standard InChI is InChI=1S/C12H23N.C12H17N.2C11H21N.C10H19NO.C10H19N.C7H15N.C6H13N.C5H11NO.C5H11NS/c2*1-13-9-5-8-12(10-13)11-6-3-2-4-7-11;1-12-10-6-5-9-11(12)7-3-2-4-8-11;1-12-9-5-8-11(10-12)6-3-2-4-7-11;1-11-7-8-12-10(9-11)5-3-2-4-6-10;1-11-8-4-7-10(9-11)5-2-3-6-10;1-7-3-5-8(2)6-4-7;1-7-5-3-2-4-6-7;2*1-6-2-4-7-5-3-6/h11-12H,2-10H2,1H3;2-4,6-7,12H,5,8-10H2,1H3;2*2-10H2,1H3;2-9H2,1H3;2-9H2,1H3;7H,3-6H2,1-2H3;2-6H2,1H3;2*2-5H2,1H3. The van der Waals surface area contributed by atoms with E-state index in [2.05, 4.69) is 168 Å². The number of hydrogen-bond acceptors (Lipinski definition) is 13. The van der Waals surface area contributed by atoms with Crippen molar-refractivity contribution in [2.45, 2.75) is 281 Å². The van der Waals surface area contributed by atoms with Crippen LogP contribution in [0.5, 0.6) is 0 Å². The molecule has 594 valence electrons. The minimum absolute atomic E-state index is 0.255. The molecule has 10 aliphatic heterocycles. The van der Waals surface area contributed by atoms with E-state index in [1.807, 2.05) is 0 Å². The minimum atomic E-state index is 0.255. The number of thioether (sulfide) groups is 1. The summed E-state index contributed by atoms with van der Waals surface area (Å²) in [5.41, 5.74) is 3.94. The third-order valence-electron chi connectivity index (χ3n) is 27.4. The van der Waals surface area contributed by atoms with E-state index < -0.39 is 0 Å². The van der Waals surface area contributed by atoms with Gasteiger partial charge in [0.05, 0.1) is 25.4 Å². The molecule has 10 heterocycles. The van der Waals surface area contributed by atoms with Crippen LogP contribution in [-0.2, 0) is 9.47 Å². The van der Waals surface area contributed by atoms with Gasteiger partial charge in [-0.05, 0) is 311 Å². The highest BCUT2D eigenvalue weighted by Gasteiger charge is 2.40. The average Bonchev–Trinajstić information content (AvgIpc) is 1.55. The Morgan fingerprint density at radius 2 is 0.735 bits per heavy atom. The zero-order valence-corrected chi connectivity index (χ0v) is 70.5. The molecule has 12 nitrogen and oxygen atoms in total. The summed E-state index contributed by atoms with van der Waals surface area (Å²) in [5, 5.41) is 0. The van der Waals surface area contributed by atoms with Crippen molar-refractivity contribution >= 4 is 11.8 Å². The van der Waals surface area contributed by atoms with Crippen LogP contribution in [-0.4, -0.2) is 286 Å². The predicted octanol–water partition coefficient (Wildman–Crippen LogP) is 17.9. The second-order valence-electron chi connectivity index (χ2n) is 36.7. The molecule has 10 saturated heterocycles. The fourth-order valence-electron chi connectivity index (χ4n) is 20.6. The highest BCUT2D eigenvalue weighted by molar-refractivity contribution is 7.99. The topological polar surface area (TPSA) is 50.9 Å². The van der Waals surface area contributed by atoms with Gasteiger partial charge in [0.2, 0.25) is 0 Å². The number of likely N-dealkylation sites (tertiary alicyclic amines) is 7. The molecule has 15 aliphatic rings. The van der Waals surface area contributed by atoms with E-state index >= 15 is 0 Å². The summed E-state index contributed by atoms with van der Waals surface area (Å²) in [4.78, 5) is 24.5. The van der Waals surface area contributed by atoms with Crippen LogP contribution >= 0.6 is 11.8 Å². The van der Waals surface area contributed by atoms with Crippen molar-refractivity contribution in [1.29, 1.82) is 0 Å². The summed E-state index contributed by atoms with van der Waals surface area (Å²) in [7, 11) is 22.3. The Kier molecular flexibility index (Phi) is 43.4. The van der Waals surface area contributed by atoms with Crippen LogP contribution in [0, 0.1) is 28.6 Å². The summed E-state index contributed by atoms with van der Waals surface area (Å²) >= 11 is 2.06. The summed E-state index contributed by atoms with van der Waals surface area (Å²) in [5.74, 6) is 6.52. The number of benzene rings is 1. The second-order valence-corrected chi connectivity index (χ2v) is 37.9. The first-order valence-corrected chi connectivity index (χ1v) is 45.3. The molecule has 5 aliphatic carbocycles. The first-order valence-electron chi connectivity index (χ1n) is 44.2. The van der Waals surface area contributed by atoms with E-state index in [9.17, 15) is 0 Å². The summed E-state index contributed by atoms with van der Waals surface area (Å²) < 4.78 is 11.0. The third kappa shape index (κ3) is 34.6. The lowest BCUT2D eigenvalue weighted by Gasteiger charge is -2.48. The molecule has 0 N–H and O–H groups in total. The van der Waals surface area contributed by atoms with Crippen molar-refractivity contribution in [1.82, 2.24) is 49.0 Å². The summed E-state index contributed by atoms with van der Waals surface area (Å²) in [6, 6.07) is 10.9. The number of nitrogens with zero attached hydrogens (tertiary/aromatic N) is 10. The Bertz CT molecular complexity index is 2070. The molecule has 1 aromatic carbocycles. The largest absolute Gasteiger partial charge is 0.379 e. The van der Waals surface area contributed by atoms with E-state index in [1.54, 1.807) is 0 Å². The number of ether oxygens (including phenoxy) is 2. The molecule has 2 unspecified atom stereocenters. The molecule has 0 amide bonds. The van der Waals surface area contributed by atoms with Gasteiger partial charge in [-0.1, -0.05) is 153 Å². The molecule has 16 rings (SSSR count). The van der Waals surface area contributed by atoms with Crippen LogP contribution in [0.4, 0.5) is 0 Å². The van der Waals surface area contributed by atoms with Crippen molar-refractivity contribution in [2.75, 3.05) is 226 Å². The fraction of sp³-hybridized carbons (Fsp3) is 0.933. The molecule has 5 saturated carbocycles.